The minimum absolute atomic E-state index is 0.257. The van der Waals surface area contributed by atoms with Gasteiger partial charge in [-0.3, -0.25) is 9.69 Å². The van der Waals surface area contributed by atoms with Crippen molar-refractivity contribution in [3.05, 3.63) is 94.5 Å². The fraction of sp³-hybridized carbons (Fsp3) is 0.231. The van der Waals surface area contributed by atoms with Crippen molar-refractivity contribution < 1.29 is 14.3 Å². The van der Waals surface area contributed by atoms with Gasteiger partial charge in [-0.1, -0.05) is 36.4 Å². The van der Waals surface area contributed by atoms with Crippen molar-refractivity contribution in [1.82, 2.24) is 10.3 Å². The third kappa shape index (κ3) is 5.15. The van der Waals surface area contributed by atoms with E-state index >= 15 is 0 Å². The molecule has 0 saturated heterocycles. The molecule has 1 aliphatic rings. The van der Waals surface area contributed by atoms with E-state index in [2.05, 4.69) is 39.7 Å². The fourth-order valence-electron chi connectivity index (χ4n) is 3.86. The summed E-state index contributed by atoms with van der Waals surface area (Å²) in [6.07, 6.45) is 2.63. The molecule has 0 radical (unpaired) electrons. The molecule has 164 valence electrons. The van der Waals surface area contributed by atoms with Gasteiger partial charge in [0.25, 0.3) is 5.91 Å². The first-order chi connectivity index (χ1) is 15.7. The highest BCUT2D eigenvalue weighted by Gasteiger charge is 2.16. The number of hydrazone groups is 1. The molecule has 3 aromatic rings. The molecule has 0 fully saturated rings. The Labute approximate surface area is 188 Å². The minimum atomic E-state index is -0.257. The van der Waals surface area contributed by atoms with Crippen molar-refractivity contribution in [1.29, 1.82) is 0 Å². The van der Waals surface area contributed by atoms with Crippen LogP contribution in [0.3, 0.4) is 0 Å². The third-order valence-electron chi connectivity index (χ3n) is 5.64. The Hall–Kier alpha value is -3.64. The van der Waals surface area contributed by atoms with Gasteiger partial charge in [0.15, 0.2) is 0 Å². The summed E-state index contributed by atoms with van der Waals surface area (Å²) in [7, 11) is 3.18. The number of rotatable bonds is 7. The first-order valence-corrected chi connectivity index (χ1v) is 10.6. The molecule has 1 amide bonds. The average molecular weight is 430 g/mol. The lowest BCUT2D eigenvalue weighted by atomic mass is 9.99. The monoisotopic (exact) mass is 429 g/mol. The summed E-state index contributed by atoms with van der Waals surface area (Å²) in [5.74, 6) is 1.05. The van der Waals surface area contributed by atoms with E-state index in [-0.39, 0.29) is 5.91 Å². The Kier molecular flexibility index (Phi) is 6.82. The summed E-state index contributed by atoms with van der Waals surface area (Å²) >= 11 is 0. The molecule has 32 heavy (non-hydrogen) atoms. The maximum absolute atomic E-state index is 12.4. The maximum atomic E-state index is 12.4. The first kappa shape index (κ1) is 21.6. The minimum Gasteiger partial charge on any atom is -0.497 e. The first-order valence-electron chi connectivity index (χ1n) is 10.6. The molecule has 6 nitrogen and oxygen atoms in total. The molecular weight excluding hydrogens is 402 g/mol. The molecule has 4 rings (SSSR count). The van der Waals surface area contributed by atoms with E-state index in [4.69, 9.17) is 9.47 Å². The Bertz CT molecular complexity index is 1110. The predicted molar refractivity (Wildman–Crippen MR) is 125 cm³/mol. The summed E-state index contributed by atoms with van der Waals surface area (Å²) in [4.78, 5) is 14.9. The molecule has 0 unspecified atom stereocenters. The van der Waals surface area contributed by atoms with Gasteiger partial charge in [-0.25, -0.2) is 5.43 Å². The van der Waals surface area contributed by atoms with E-state index in [0.29, 0.717) is 17.1 Å². The van der Waals surface area contributed by atoms with Gasteiger partial charge in [0.1, 0.15) is 11.5 Å². The fourth-order valence-corrected chi connectivity index (χ4v) is 3.86. The predicted octanol–water partition coefficient (Wildman–Crippen LogP) is 4.03. The molecule has 3 aromatic carbocycles. The van der Waals surface area contributed by atoms with E-state index in [1.54, 1.807) is 26.5 Å². The highest BCUT2D eigenvalue weighted by Crippen LogP contribution is 2.23. The second-order valence-corrected chi connectivity index (χ2v) is 7.73. The Morgan fingerprint density at radius 3 is 2.56 bits per heavy atom. The van der Waals surface area contributed by atoms with E-state index in [9.17, 15) is 4.79 Å². The number of benzene rings is 3. The zero-order valence-electron chi connectivity index (χ0n) is 18.4. The van der Waals surface area contributed by atoms with Crippen LogP contribution >= 0.6 is 0 Å². The number of hydrogen-bond acceptors (Lipinski definition) is 5. The van der Waals surface area contributed by atoms with Crippen LogP contribution in [0.1, 0.15) is 32.6 Å². The van der Waals surface area contributed by atoms with E-state index in [1.165, 1.54) is 16.7 Å². The van der Waals surface area contributed by atoms with Crippen LogP contribution in [0.15, 0.2) is 71.8 Å². The van der Waals surface area contributed by atoms with Crippen LogP contribution in [-0.2, 0) is 19.5 Å². The van der Waals surface area contributed by atoms with Gasteiger partial charge in [-0.15, -0.1) is 0 Å². The number of nitrogens with one attached hydrogen (secondary N) is 1. The van der Waals surface area contributed by atoms with Crippen LogP contribution in [-0.4, -0.2) is 37.8 Å². The number of ether oxygens (including phenoxy) is 2. The van der Waals surface area contributed by atoms with Gasteiger partial charge in [-0.2, -0.15) is 5.10 Å². The van der Waals surface area contributed by atoms with E-state index in [0.717, 1.165) is 31.6 Å². The average Bonchev–Trinajstić information content (AvgIpc) is 2.84. The molecule has 0 aliphatic carbocycles. The van der Waals surface area contributed by atoms with Gasteiger partial charge in [0.2, 0.25) is 0 Å². The lowest BCUT2D eigenvalue weighted by Crippen LogP contribution is -2.30. The molecule has 0 saturated carbocycles. The maximum Gasteiger partial charge on any atom is 0.271 e. The van der Waals surface area contributed by atoms with Crippen LogP contribution in [0.2, 0.25) is 0 Å². The molecular formula is C26H27N3O3. The number of carbonyl (C=O) groups excluding carboxylic acids is 1. The van der Waals surface area contributed by atoms with Crippen LogP contribution in [0, 0.1) is 0 Å². The van der Waals surface area contributed by atoms with Crippen LogP contribution in [0.5, 0.6) is 11.5 Å². The molecule has 0 spiro atoms. The molecule has 0 aromatic heterocycles. The highest BCUT2D eigenvalue weighted by atomic mass is 16.5. The molecule has 0 bridgehead atoms. The second kappa shape index (κ2) is 10.1. The molecule has 1 heterocycles. The van der Waals surface area contributed by atoms with Crippen molar-refractivity contribution in [2.75, 3.05) is 20.8 Å². The summed E-state index contributed by atoms with van der Waals surface area (Å²) in [6, 6.07) is 21.7. The summed E-state index contributed by atoms with van der Waals surface area (Å²) in [5.41, 5.74) is 7.92. The SMILES string of the molecule is COc1ccc(/C=N\NC(=O)c2ccc(CN3CCc4ccccc4C3)cc2)c(OC)c1. The Balaban J connectivity index is 1.33. The normalized spacial score (nSPS) is 13.6. The zero-order valence-corrected chi connectivity index (χ0v) is 18.4. The van der Waals surface area contributed by atoms with Gasteiger partial charge < -0.3 is 9.47 Å². The quantitative estimate of drug-likeness (QED) is 0.455. The van der Waals surface area contributed by atoms with Crippen molar-refractivity contribution in [3.8, 4) is 11.5 Å². The summed E-state index contributed by atoms with van der Waals surface area (Å²) in [5, 5.41) is 4.07. The number of carbonyl (C=O) groups is 1. The smallest absolute Gasteiger partial charge is 0.271 e. The standard InChI is InChI=1S/C26H27N3O3/c1-31-24-12-11-22(25(15-24)32-2)16-27-28-26(30)21-9-7-19(8-10-21)17-29-14-13-20-5-3-4-6-23(20)18-29/h3-12,15-16H,13-14,17-18H2,1-2H3,(H,28,30)/b27-16-. The number of amides is 1. The number of methoxy groups -OCH3 is 2. The molecule has 6 heteroatoms. The molecule has 1 aliphatic heterocycles. The van der Waals surface area contributed by atoms with Gasteiger partial charge >= 0.3 is 0 Å². The molecule has 1 N–H and O–H groups in total. The van der Waals surface area contributed by atoms with Crippen molar-refractivity contribution in [2.45, 2.75) is 19.5 Å². The molecule has 0 atom stereocenters. The number of nitrogens with zero attached hydrogens (tertiary/aromatic N) is 2. The second-order valence-electron chi connectivity index (χ2n) is 7.73. The topological polar surface area (TPSA) is 63.2 Å². The third-order valence-corrected chi connectivity index (χ3v) is 5.64. The number of hydrogen-bond donors (Lipinski definition) is 1. The van der Waals surface area contributed by atoms with Crippen molar-refractivity contribution in [2.24, 2.45) is 5.10 Å². The van der Waals surface area contributed by atoms with Crippen LogP contribution in [0.25, 0.3) is 0 Å². The zero-order chi connectivity index (χ0) is 22.3. The van der Waals surface area contributed by atoms with Gasteiger partial charge in [0, 0.05) is 36.8 Å². The highest BCUT2D eigenvalue weighted by molar-refractivity contribution is 5.95. The van der Waals surface area contributed by atoms with Crippen molar-refractivity contribution in [3.63, 3.8) is 0 Å². The Morgan fingerprint density at radius 1 is 1.03 bits per heavy atom. The van der Waals surface area contributed by atoms with E-state index < -0.39 is 0 Å². The van der Waals surface area contributed by atoms with Crippen molar-refractivity contribution >= 4 is 12.1 Å². The van der Waals surface area contributed by atoms with Gasteiger partial charge in [-0.05, 0) is 47.4 Å². The summed E-state index contributed by atoms with van der Waals surface area (Å²) in [6.45, 7) is 2.87. The Morgan fingerprint density at radius 2 is 1.81 bits per heavy atom. The van der Waals surface area contributed by atoms with Gasteiger partial charge in [0.05, 0.1) is 20.4 Å². The summed E-state index contributed by atoms with van der Waals surface area (Å²) < 4.78 is 10.5. The van der Waals surface area contributed by atoms with E-state index in [1.807, 2.05) is 36.4 Å². The lowest BCUT2D eigenvalue weighted by Gasteiger charge is -2.28. The lowest BCUT2D eigenvalue weighted by molar-refractivity contribution is 0.0955. The number of fused-ring (bicyclic) bond motifs is 1. The van der Waals surface area contributed by atoms with Crippen LogP contribution in [0.4, 0.5) is 0 Å². The van der Waals surface area contributed by atoms with Crippen LogP contribution < -0.4 is 14.9 Å². The largest absolute Gasteiger partial charge is 0.497 e.